The first-order valence-electron chi connectivity index (χ1n) is 5.81. The van der Waals surface area contributed by atoms with E-state index in [0.717, 1.165) is 13.0 Å². The number of hydrogen-bond acceptors (Lipinski definition) is 1. The lowest BCUT2D eigenvalue weighted by atomic mass is 9.76. The molecule has 0 aromatic rings. The van der Waals surface area contributed by atoms with E-state index in [1.165, 1.54) is 0 Å². The number of carbonyl (C=O) groups is 1. The molecule has 0 aromatic heterocycles. The van der Waals surface area contributed by atoms with Crippen molar-refractivity contribution in [3.63, 3.8) is 0 Å². The van der Waals surface area contributed by atoms with Gasteiger partial charge in [0, 0.05) is 12.5 Å². The summed E-state index contributed by atoms with van der Waals surface area (Å²) < 4.78 is 0. The van der Waals surface area contributed by atoms with Crippen molar-refractivity contribution in [3.05, 3.63) is 0 Å². The van der Waals surface area contributed by atoms with Gasteiger partial charge in [0.15, 0.2) is 0 Å². The Morgan fingerprint density at radius 3 is 1.93 bits per heavy atom. The summed E-state index contributed by atoms with van der Waals surface area (Å²) in [6.07, 6.45) is 1.11. The molecule has 0 saturated heterocycles. The lowest BCUT2D eigenvalue weighted by Gasteiger charge is -2.32. The molecule has 0 rings (SSSR count). The minimum Gasteiger partial charge on any atom is -0.355 e. The number of amides is 1. The van der Waals surface area contributed by atoms with Gasteiger partial charge in [-0.05, 0) is 17.3 Å². The molecule has 0 unspecified atom stereocenters. The monoisotopic (exact) mass is 213 g/mol. The molecule has 0 aliphatic rings. The van der Waals surface area contributed by atoms with Gasteiger partial charge in [-0.15, -0.1) is 0 Å². The van der Waals surface area contributed by atoms with Crippen LogP contribution < -0.4 is 5.32 Å². The molecule has 0 radical (unpaired) electrons. The van der Waals surface area contributed by atoms with Crippen molar-refractivity contribution < 1.29 is 4.79 Å². The summed E-state index contributed by atoms with van der Waals surface area (Å²) in [5.74, 6) is 0.229. The second kappa shape index (κ2) is 5.00. The SMILES string of the molecule is CC(C)C(=O)NCC(C)(C)CC(C)(C)C. The van der Waals surface area contributed by atoms with E-state index in [0.29, 0.717) is 5.41 Å². The molecule has 0 spiro atoms. The molecule has 0 aliphatic carbocycles. The second-order valence-electron chi connectivity index (χ2n) is 6.77. The van der Waals surface area contributed by atoms with Gasteiger partial charge in [-0.2, -0.15) is 0 Å². The molecule has 90 valence electrons. The normalized spacial score (nSPS) is 13.1. The molecule has 0 heterocycles. The van der Waals surface area contributed by atoms with Gasteiger partial charge in [0.25, 0.3) is 0 Å². The van der Waals surface area contributed by atoms with Crippen LogP contribution in [0.3, 0.4) is 0 Å². The van der Waals surface area contributed by atoms with E-state index in [-0.39, 0.29) is 17.2 Å². The maximum atomic E-state index is 11.4. The Labute approximate surface area is 94.8 Å². The highest BCUT2D eigenvalue weighted by Gasteiger charge is 2.26. The predicted molar refractivity (Wildman–Crippen MR) is 65.7 cm³/mol. The highest BCUT2D eigenvalue weighted by molar-refractivity contribution is 5.77. The number of hydrogen-bond donors (Lipinski definition) is 1. The Hall–Kier alpha value is -0.530. The van der Waals surface area contributed by atoms with Crippen molar-refractivity contribution >= 4 is 5.91 Å². The zero-order valence-corrected chi connectivity index (χ0v) is 11.4. The first-order chi connectivity index (χ1) is 6.53. The smallest absolute Gasteiger partial charge is 0.222 e. The highest BCUT2D eigenvalue weighted by Crippen LogP contribution is 2.32. The summed E-state index contributed by atoms with van der Waals surface area (Å²) >= 11 is 0. The van der Waals surface area contributed by atoms with Crippen molar-refractivity contribution in [2.24, 2.45) is 16.7 Å². The van der Waals surface area contributed by atoms with Gasteiger partial charge in [-0.25, -0.2) is 0 Å². The first kappa shape index (κ1) is 14.5. The lowest BCUT2D eigenvalue weighted by Crippen LogP contribution is -2.38. The van der Waals surface area contributed by atoms with Crippen LogP contribution in [0.25, 0.3) is 0 Å². The van der Waals surface area contributed by atoms with Crippen LogP contribution in [0.15, 0.2) is 0 Å². The Bertz CT molecular complexity index is 211. The molecular formula is C13H27NO. The molecule has 0 saturated carbocycles. The molecule has 0 fully saturated rings. The Morgan fingerprint density at radius 1 is 1.13 bits per heavy atom. The van der Waals surface area contributed by atoms with Gasteiger partial charge < -0.3 is 5.32 Å². The highest BCUT2D eigenvalue weighted by atomic mass is 16.1. The van der Waals surface area contributed by atoms with Crippen LogP contribution in [-0.4, -0.2) is 12.5 Å². The number of nitrogens with one attached hydrogen (secondary N) is 1. The van der Waals surface area contributed by atoms with Crippen LogP contribution in [0.2, 0.25) is 0 Å². The van der Waals surface area contributed by atoms with E-state index < -0.39 is 0 Å². The quantitative estimate of drug-likeness (QED) is 0.763. The summed E-state index contributed by atoms with van der Waals surface area (Å²) in [7, 11) is 0. The number of carbonyl (C=O) groups excluding carboxylic acids is 1. The van der Waals surface area contributed by atoms with Crippen molar-refractivity contribution in [1.82, 2.24) is 5.32 Å². The summed E-state index contributed by atoms with van der Waals surface area (Å²) in [5, 5.41) is 3.01. The van der Waals surface area contributed by atoms with Crippen molar-refractivity contribution in [2.45, 2.75) is 54.9 Å². The first-order valence-corrected chi connectivity index (χ1v) is 5.81. The van der Waals surface area contributed by atoms with E-state index in [1.807, 2.05) is 13.8 Å². The lowest BCUT2D eigenvalue weighted by molar-refractivity contribution is -0.124. The predicted octanol–water partition coefficient (Wildman–Crippen LogP) is 3.22. The van der Waals surface area contributed by atoms with Crippen LogP contribution >= 0.6 is 0 Å². The maximum absolute atomic E-state index is 11.4. The molecule has 0 aromatic carbocycles. The summed E-state index contributed by atoms with van der Waals surface area (Å²) in [5.41, 5.74) is 0.481. The van der Waals surface area contributed by atoms with Crippen LogP contribution in [0.4, 0.5) is 0 Å². The Kier molecular flexibility index (Phi) is 4.82. The van der Waals surface area contributed by atoms with Crippen molar-refractivity contribution in [3.8, 4) is 0 Å². The fourth-order valence-corrected chi connectivity index (χ4v) is 2.03. The number of rotatable bonds is 4. The molecule has 0 aliphatic heterocycles. The third-order valence-corrected chi connectivity index (χ3v) is 2.27. The van der Waals surface area contributed by atoms with Gasteiger partial charge in [-0.1, -0.05) is 48.5 Å². The maximum Gasteiger partial charge on any atom is 0.222 e. The Balaban J connectivity index is 4.10. The fraction of sp³-hybridized carbons (Fsp3) is 0.923. The average Bonchev–Trinajstić information content (AvgIpc) is 1.95. The summed E-state index contributed by atoms with van der Waals surface area (Å²) in [6, 6.07) is 0. The summed E-state index contributed by atoms with van der Waals surface area (Å²) in [6.45, 7) is 15.7. The van der Waals surface area contributed by atoms with E-state index in [9.17, 15) is 4.79 Å². The largest absolute Gasteiger partial charge is 0.355 e. The molecule has 2 heteroatoms. The van der Waals surface area contributed by atoms with Crippen LogP contribution in [-0.2, 0) is 4.79 Å². The topological polar surface area (TPSA) is 29.1 Å². The molecular weight excluding hydrogens is 186 g/mol. The minimum atomic E-state index is 0.0791. The van der Waals surface area contributed by atoms with E-state index in [4.69, 9.17) is 0 Å². The Morgan fingerprint density at radius 2 is 1.60 bits per heavy atom. The van der Waals surface area contributed by atoms with E-state index in [2.05, 4.69) is 39.9 Å². The standard InChI is InChI=1S/C13H27NO/c1-10(2)11(15)14-9-13(6,7)8-12(3,4)5/h10H,8-9H2,1-7H3,(H,14,15). The van der Waals surface area contributed by atoms with Gasteiger partial charge in [0.1, 0.15) is 0 Å². The van der Waals surface area contributed by atoms with Crippen LogP contribution in [0, 0.1) is 16.7 Å². The van der Waals surface area contributed by atoms with Crippen molar-refractivity contribution in [2.75, 3.05) is 6.54 Å². The molecule has 0 bridgehead atoms. The minimum absolute atomic E-state index is 0.0791. The molecule has 2 nitrogen and oxygen atoms in total. The molecule has 0 atom stereocenters. The van der Waals surface area contributed by atoms with E-state index >= 15 is 0 Å². The van der Waals surface area contributed by atoms with Gasteiger partial charge in [0.05, 0.1) is 0 Å². The van der Waals surface area contributed by atoms with Crippen molar-refractivity contribution in [1.29, 1.82) is 0 Å². The van der Waals surface area contributed by atoms with Gasteiger partial charge in [0.2, 0.25) is 5.91 Å². The fourth-order valence-electron chi connectivity index (χ4n) is 2.03. The zero-order chi connectivity index (χ0) is 12.3. The molecule has 15 heavy (non-hydrogen) atoms. The average molecular weight is 213 g/mol. The third-order valence-electron chi connectivity index (χ3n) is 2.27. The second-order valence-corrected chi connectivity index (χ2v) is 6.77. The molecule has 1 amide bonds. The third kappa shape index (κ3) is 7.40. The van der Waals surface area contributed by atoms with E-state index in [1.54, 1.807) is 0 Å². The molecule has 1 N–H and O–H groups in total. The van der Waals surface area contributed by atoms with Crippen LogP contribution in [0.1, 0.15) is 54.9 Å². The van der Waals surface area contributed by atoms with Gasteiger partial charge >= 0.3 is 0 Å². The van der Waals surface area contributed by atoms with Crippen LogP contribution in [0.5, 0.6) is 0 Å². The van der Waals surface area contributed by atoms with Gasteiger partial charge in [-0.3, -0.25) is 4.79 Å². The summed E-state index contributed by atoms with van der Waals surface area (Å²) in [4.78, 5) is 11.4. The zero-order valence-electron chi connectivity index (χ0n) is 11.4.